The number of nitro benzene ring substituents is 1. The molecule has 0 radical (unpaired) electrons. The third kappa shape index (κ3) is 3.69. The van der Waals surface area contributed by atoms with Crippen LogP contribution in [-0.4, -0.2) is 24.8 Å². The van der Waals surface area contributed by atoms with Crippen molar-refractivity contribution in [3.8, 4) is 11.5 Å². The van der Waals surface area contributed by atoms with Crippen LogP contribution in [0, 0.1) is 10.1 Å². The predicted molar refractivity (Wildman–Crippen MR) is 85.5 cm³/mol. The fraction of sp³-hybridized carbons (Fsp3) is 0.235. The monoisotopic (exact) mass is 345 g/mol. The van der Waals surface area contributed by atoms with Crippen molar-refractivity contribution in [1.82, 2.24) is 0 Å². The Balaban J connectivity index is 1.84. The molecule has 0 unspecified atom stereocenters. The third-order valence-electron chi connectivity index (χ3n) is 3.63. The van der Waals surface area contributed by atoms with Crippen LogP contribution in [0.15, 0.2) is 36.4 Å². The minimum absolute atomic E-state index is 0.0502. The number of hydrogen-bond acceptors (Lipinski definition) is 7. The second-order valence-corrected chi connectivity index (χ2v) is 5.27. The van der Waals surface area contributed by atoms with Gasteiger partial charge in [0.05, 0.1) is 24.2 Å². The predicted octanol–water partition coefficient (Wildman–Crippen LogP) is 2.83. The summed E-state index contributed by atoms with van der Waals surface area (Å²) in [6.07, 6.45) is 0. The number of fused-ring (bicyclic) bond motifs is 1. The highest BCUT2D eigenvalue weighted by atomic mass is 16.7. The Morgan fingerprint density at radius 1 is 1.32 bits per heavy atom. The van der Waals surface area contributed by atoms with E-state index in [1.165, 1.54) is 19.2 Å². The van der Waals surface area contributed by atoms with Gasteiger partial charge >= 0.3 is 5.97 Å². The molecule has 0 fully saturated rings. The molecule has 8 nitrogen and oxygen atoms in total. The molecule has 0 spiro atoms. The number of non-ortho nitro benzene ring substituents is 1. The summed E-state index contributed by atoms with van der Waals surface area (Å²) < 4.78 is 21.0. The molecule has 130 valence electrons. The summed E-state index contributed by atoms with van der Waals surface area (Å²) in [5.74, 6) is 0.495. The number of nitrogens with zero attached hydrogens (tertiary/aromatic N) is 1. The molecule has 0 saturated carbocycles. The van der Waals surface area contributed by atoms with Gasteiger partial charge in [0.2, 0.25) is 0 Å². The van der Waals surface area contributed by atoms with E-state index in [1.807, 2.05) is 0 Å². The molecular formula is C17H15NO7. The van der Waals surface area contributed by atoms with Gasteiger partial charge in [0, 0.05) is 23.3 Å². The van der Waals surface area contributed by atoms with Crippen LogP contribution in [0.2, 0.25) is 0 Å². The molecule has 0 bridgehead atoms. The Hall–Kier alpha value is -3.13. The lowest BCUT2D eigenvalue weighted by Crippen LogP contribution is -2.14. The van der Waals surface area contributed by atoms with E-state index in [-0.39, 0.29) is 25.7 Å². The molecule has 0 aliphatic carbocycles. The van der Waals surface area contributed by atoms with Gasteiger partial charge in [0.1, 0.15) is 18.1 Å². The molecule has 0 atom stereocenters. The van der Waals surface area contributed by atoms with Crippen LogP contribution in [0.5, 0.6) is 11.5 Å². The minimum atomic E-state index is -0.476. The SMILES string of the molecule is COC(=O)c1cccc(OCc2cc([N+](=O)[O-])cc3c2OCOC3)c1. The van der Waals surface area contributed by atoms with Gasteiger partial charge in [-0.15, -0.1) is 0 Å². The Morgan fingerprint density at radius 3 is 2.92 bits per heavy atom. The van der Waals surface area contributed by atoms with Gasteiger partial charge in [-0.3, -0.25) is 10.1 Å². The Morgan fingerprint density at radius 2 is 2.16 bits per heavy atom. The molecule has 1 heterocycles. The lowest BCUT2D eigenvalue weighted by molar-refractivity contribution is -0.385. The number of ether oxygens (including phenoxy) is 4. The average molecular weight is 345 g/mol. The van der Waals surface area contributed by atoms with E-state index in [0.29, 0.717) is 28.2 Å². The highest BCUT2D eigenvalue weighted by molar-refractivity contribution is 5.89. The van der Waals surface area contributed by atoms with Crippen LogP contribution in [0.25, 0.3) is 0 Å². The lowest BCUT2D eigenvalue weighted by Gasteiger charge is -2.20. The van der Waals surface area contributed by atoms with Gasteiger partial charge in [-0.1, -0.05) is 6.07 Å². The second-order valence-electron chi connectivity index (χ2n) is 5.27. The first-order valence-corrected chi connectivity index (χ1v) is 7.40. The van der Waals surface area contributed by atoms with Gasteiger partial charge in [-0.25, -0.2) is 4.79 Å². The minimum Gasteiger partial charge on any atom is -0.489 e. The summed E-state index contributed by atoms with van der Waals surface area (Å²) in [4.78, 5) is 22.2. The van der Waals surface area contributed by atoms with Crippen molar-refractivity contribution < 1.29 is 28.7 Å². The van der Waals surface area contributed by atoms with Crippen molar-refractivity contribution in [1.29, 1.82) is 0 Å². The van der Waals surface area contributed by atoms with Crippen molar-refractivity contribution in [3.05, 3.63) is 63.2 Å². The number of carbonyl (C=O) groups is 1. The topological polar surface area (TPSA) is 97.1 Å². The molecule has 8 heteroatoms. The quantitative estimate of drug-likeness (QED) is 0.467. The van der Waals surface area contributed by atoms with Crippen LogP contribution in [-0.2, 0) is 22.7 Å². The zero-order chi connectivity index (χ0) is 17.8. The zero-order valence-corrected chi connectivity index (χ0v) is 13.4. The first-order valence-electron chi connectivity index (χ1n) is 7.40. The van der Waals surface area contributed by atoms with Crippen LogP contribution in [0.1, 0.15) is 21.5 Å². The Bertz CT molecular complexity index is 819. The van der Waals surface area contributed by atoms with E-state index in [9.17, 15) is 14.9 Å². The van der Waals surface area contributed by atoms with Crippen molar-refractivity contribution >= 4 is 11.7 Å². The first kappa shape index (κ1) is 16.7. The number of methoxy groups -OCH3 is 1. The molecule has 0 amide bonds. The molecule has 25 heavy (non-hydrogen) atoms. The smallest absolute Gasteiger partial charge is 0.337 e. The van der Waals surface area contributed by atoms with Crippen molar-refractivity contribution in [3.63, 3.8) is 0 Å². The summed E-state index contributed by atoms with van der Waals surface area (Å²) in [5.41, 5.74) is 1.43. The number of rotatable bonds is 5. The Kier molecular flexibility index (Phi) is 4.80. The van der Waals surface area contributed by atoms with Crippen LogP contribution in [0.3, 0.4) is 0 Å². The summed E-state index contributed by atoms with van der Waals surface area (Å²) in [6.45, 7) is 0.367. The molecule has 3 rings (SSSR count). The summed E-state index contributed by atoms with van der Waals surface area (Å²) in [6, 6.07) is 9.33. The van der Waals surface area contributed by atoms with Gasteiger partial charge < -0.3 is 18.9 Å². The number of esters is 1. The van der Waals surface area contributed by atoms with Crippen molar-refractivity contribution in [2.45, 2.75) is 13.2 Å². The van der Waals surface area contributed by atoms with Crippen LogP contribution < -0.4 is 9.47 Å². The maximum atomic E-state index is 11.6. The lowest BCUT2D eigenvalue weighted by atomic mass is 10.1. The van der Waals surface area contributed by atoms with E-state index in [1.54, 1.807) is 24.3 Å². The molecule has 0 N–H and O–H groups in total. The standard InChI is InChI=1S/C17H15NO7/c1-22-17(19)11-3-2-4-15(7-11)24-9-13-6-14(18(20)21)5-12-8-23-10-25-16(12)13/h2-7H,8-10H2,1H3. The van der Waals surface area contributed by atoms with Gasteiger partial charge in [0.15, 0.2) is 6.79 Å². The molecule has 2 aromatic rings. The summed E-state index contributed by atoms with van der Waals surface area (Å²) >= 11 is 0. The molecule has 1 aliphatic rings. The second kappa shape index (κ2) is 7.18. The van der Waals surface area contributed by atoms with E-state index < -0.39 is 10.9 Å². The fourth-order valence-electron chi connectivity index (χ4n) is 2.49. The van der Waals surface area contributed by atoms with E-state index in [2.05, 4.69) is 4.74 Å². The number of hydrogen-bond donors (Lipinski definition) is 0. The molecular weight excluding hydrogens is 330 g/mol. The zero-order valence-electron chi connectivity index (χ0n) is 13.4. The van der Waals surface area contributed by atoms with E-state index in [0.717, 1.165) is 0 Å². The van der Waals surface area contributed by atoms with Gasteiger partial charge in [-0.05, 0) is 18.2 Å². The average Bonchev–Trinajstić information content (AvgIpc) is 2.65. The molecule has 0 aromatic heterocycles. The van der Waals surface area contributed by atoms with Gasteiger partial charge in [0.25, 0.3) is 5.69 Å². The number of nitro groups is 1. The summed E-state index contributed by atoms with van der Waals surface area (Å²) in [5, 5.41) is 11.1. The van der Waals surface area contributed by atoms with Crippen molar-refractivity contribution in [2.24, 2.45) is 0 Å². The van der Waals surface area contributed by atoms with E-state index >= 15 is 0 Å². The molecule has 2 aromatic carbocycles. The maximum absolute atomic E-state index is 11.6. The van der Waals surface area contributed by atoms with E-state index in [4.69, 9.17) is 14.2 Å². The highest BCUT2D eigenvalue weighted by Crippen LogP contribution is 2.33. The largest absolute Gasteiger partial charge is 0.489 e. The van der Waals surface area contributed by atoms with Crippen LogP contribution in [0.4, 0.5) is 5.69 Å². The Labute approximate surface area is 143 Å². The molecule has 1 aliphatic heterocycles. The van der Waals surface area contributed by atoms with Gasteiger partial charge in [-0.2, -0.15) is 0 Å². The number of carbonyl (C=O) groups excluding carboxylic acids is 1. The molecule has 0 saturated heterocycles. The first-order chi connectivity index (χ1) is 12.1. The third-order valence-corrected chi connectivity index (χ3v) is 3.63. The summed E-state index contributed by atoms with van der Waals surface area (Å²) in [7, 11) is 1.30. The number of benzene rings is 2. The maximum Gasteiger partial charge on any atom is 0.337 e. The fourth-order valence-corrected chi connectivity index (χ4v) is 2.49. The highest BCUT2D eigenvalue weighted by Gasteiger charge is 2.21. The van der Waals surface area contributed by atoms with Crippen molar-refractivity contribution in [2.75, 3.05) is 13.9 Å². The van der Waals surface area contributed by atoms with Crippen LogP contribution >= 0.6 is 0 Å². The normalized spacial score (nSPS) is 12.7.